The van der Waals surface area contributed by atoms with Gasteiger partial charge in [0.1, 0.15) is 0 Å². The largest absolute Gasteiger partial charge is 0.472 e. The van der Waals surface area contributed by atoms with E-state index in [1.54, 1.807) is 0 Å². The van der Waals surface area contributed by atoms with Crippen molar-refractivity contribution in [2.75, 3.05) is 36.2 Å². The van der Waals surface area contributed by atoms with Crippen molar-refractivity contribution < 1.29 is 18.5 Å². The van der Waals surface area contributed by atoms with Crippen molar-refractivity contribution in [1.29, 1.82) is 0 Å². The van der Waals surface area contributed by atoms with Gasteiger partial charge in [0.15, 0.2) is 0 Å². The second-order valence-electron chi connectivity index (χ2n) is 11.1. The molecular formula is C32H67O4PS2. The van der Waals surface area contributed by atoms with E-state index in [-0.39, 0.29) is 0 Å². The highest BCUT2D eigenvalue weighted by atomic mass is 32.2. The quantitative estimate of drug-likeness (QED) is 0.0578. The van der Waals surface area contributed by atoms with Crippen LogP contribution in [0.3, 0.4) is 0 Å². The van der Waals surface area contributed by atoms with E-state index in [4.69, 9.17) is 9.05 Å². The molecule has 0 saturated heterocycles. The molecule has 0 heterocycles. The zero-order chi connectivity index (χ0) is 28.5. The van der Waals surface area contributed by atoms with E-state index in [1.807, 2.05) is 23.5 Å². The number of hydrogen-bond acceptors (Lipinski definition) is 5. The van der Waals surface area contributed by atoms with Crippen molar-refractivity contribution in [3.63, 3.8) is 0 Å². The van der Waals surface area contributed by atoms with Gasteiger partial charge in [0, 0.05) is 0 Å². The Balaban J connectivity index is 3.27. The van der Waals surface area contributed by atoms with Crippen LogP contribution in [-0.2, 0) is 13.6 Å². The molecule has 0 bridgehead atoms. The smallest absolute Gasteiger partial charge is 0.302 e. The molecule has 0 aliphatic carbocycles. The Morgan fingerprint density at radius 1 is 0.436 bits per heavy atom. The average molecular weight is 611 g/mol. The van der Waals surface area contributed by atoms with E-state index in [0.29, 0.717) is 13.2 Å². The molecule has 39 heavy (non-hydrogen) atoms. The van der Waals surface area contributed by atoms with Gasteiger partial charge in [-0.25, -0.2) is 4.57 Å². The van der Waals surface area contributed by atoms with Gasteiger partial charge in [-0.15, -0.1) is 0 Å². The molecule has 0 saturated carbocycles. The topological polar surface area (TPSA) is 55.8 Å². The first-order valence-corrected chi connectivity index (χ1v) is 20.7. The van der Waals surface area contributed by atoms with Crippen LogP contribution in [0, 0.1) is 0 Å². The zero-order valence-corrected chi connectivity index (χ0v) is 28.7. The maximum absolute atomic E-state index is 12.0. The van der Waals surface area contributed by atoms with E-state index in [1.165, 1.54) is 140 Å². The summed E-state index contributed by atoms with van der Waals surface area (Å²) in [5, 5.41) is 0. The third kappa shape index (κ3) is 34.9. The Hall–Kier alpha value is 0.810. The van der Waals surface area contributed by atoms with E-state index in [2.05, 4.69) is 13.8 Å². The van der Waals surface area contributed by atoms with E-state index in [0.717, 1.165) is 37.2 Å². The van der Waals surface area contributed by atoms with Crippen molar-refractivity contribution >= 4 is 31.3 Å². The molecule has 0 aromatic carbocycles. The van der Waals surface area contributed by atoms with Gasteiger partial charge in [0.05, 0.1) is 13.2 Å². The van der Waals surface area contributed by atoms with Crippen LogP contribution in [0.4, 0.5) is 0 Å². The second kappa shape index (κ2) is 33.3. The number of rotatable bonds is 34. The average Bonchev–Trinajstić information content (AvgIpc) is 2.92. The Kier molecular flexibility index (Phi) is 34.0. The highest BCUT2D eigenvalue weighted by Crippen LogP contribution is 2.43. The molecule has 0 aromatic heterocycles. The molecule has 7 heteroatoms. The standard InChI is InChI=1S/C32H67O4PS2/c1-3-5-7-9-11-13-15-17-19-23-29-38-31-25-21-27-35-37(33,34)36-28-22-26-32-39-30-24-20-18-16-14-12-10-8-6-4-2/h3-32H2,1-2H3,(H,33,34). The molecule has 0 aromatic rings. The minimum absolute atomic E-state index is 0.307. The fraction of sp³-hybridized carbons (Fsp3) is 1.00. The monoisotopic (exact) mass is 610 g/mol. The fourth-order valence-electron chi connectivity index (χ4n) is 4.60. The van der Waals surface area contributed by atoms with Gasteiger partial charge in [-0.3, -0.25) is 9.05 Å². The molecule has 0 amide bonds. The third-order valence-corrected chi connectivity index (χ3v) is 10.5. The van der Waals surface area contributed by atoms with E-state index in [9.17, 15) is 9.46 Å². The Morgan fingerprint density at radius 3 is 1.00 bits per heavy atom. The van der Waals surface area contributed by atoms with Crippen LogP contribution in [0.1, 0.15) is 168 Å². The normalized spacial score (nSPS) is 12.0. The summed E-state index contributed by atoms with van der Waals surface area (Å²) in [5.41, 5.74) is 0. The van der Waals surface area contributed by atoms with Gasteiger partial charge in [-0.2, -0.15) is 23.5 Å². The van der Waals surface area contributed by atoms with Crippen LogP contribution >= 0.6 is 31.3 Å². The Labute approximate surface area is 253 Å². The van der Waals surface area contributed by atoms with Crippen LogP contribution in [0.15, 0.2) is 0 Å². The van der Waals surface area contributed by atoms with Gasteiger partial charge in [0.2, 0.25) is 0 Å². The van der Waals surface area contributed by atoms with Crippen molar-refractivity contribution in [2.24, 2.45) is 0 Å². The lowest BCUT2D eigenvalue weighted by Gasteiger charge is -2.12. The van der Waals surface area contributed by atoms with Gasteiger partial charge in [0.25, 0.3) is 0 Å². The summed E-state index contributed by atoms with van der Waals surface area (Å²) in [4.78, 5) is 9.85. The van der Waals surface area contributed by atoms with Gasteiger partial charge < -0.3 is 4.89 Å². The summed E-state index contributed by atoms with van der Waals surface area (Å²) in [5.74, 6) is 4.68. The van der Waals surface area contributed by atoms with Crippen molar-refractivity contribution in [1.82, 2.24) is 0 Å². The van der Waals surface area contributed by atoms with Crippen molar-refractivity contribution in [3.8, 4) is 0 Å². The highest BCUT2D eigenvalue weighted by molar-refractivity contribution is 7.99. The summed E-state index contributed by atoms with van der Waals surface area (Å²) >= 11 is 4.00. The molecule has 1 N–H and O–H groups in total. The van der Waals surface area contributed by atoms with Crippen LogP contribution in [0.25, 0.3) is 0 Å². The van der Waals surface area contributed by atoms with Crippen LogP contribution in [-0.4, -0.2) is 41.1 Å². The second-order valence-corrected chi connectivity index (χ2v) is 15.0. The van der Waals surface area contributed by atoms with E-state index < -0.39 is 7.82 Å². The molecule has 0 radical (unpaired) electrons. The van der Waals surface area contributed by atoms with Gasteiger partial charge in [-0.05, 0) is 61.5 Å². The van der Waals surface area contributed by atoms with Crippen LogP contribution < -0.4 is 0 Å². The summed E-state index contributed by atoms with van der Waals surface area (Å²) < 4.78 is 22.3. The molecule has 0 spiro atoms. The highest BCUT2D eigenvalue weighted by Gasteiger charge is 2.19. The molecule has 0 aliphatic heterocycles. The number of phosphoric ester groups is 1. The number of phosphoric acid groups is 1. The minimum atomic E-state index is -3.88. The van der Waals surface area contributed by atoms with Crippen LogP contribution in [0.5, 0.6) is 0 Å². The Bertz CT molecular complexity index is 471. The lowest BCUT2D eigenvalue weighted by Crippen LogP contribution is -2.00. The maximum atomic E-state index is 12.0. The van der Waals surface area contributed by atoms with Crippen molar-refractivity contribution in [2.45, 2.75) is 168 Å². The summed E-state index contributed by atoms with van der Waals surface area (Å²) in [6.07, 6.45) is 31.4. The van der Waals surface area contributed by atoms with Gasteiger partial charge in [-0.1, -0.05) is 129 Å². The number of unbranched alkanes of at least 4 members (excludes halogenated alkanes) is 20. The summed E-state index contributed by atoms with van der Waals surface area (Å²) in [6.45, 7) is 5.16. The molecule has 4 nitrogen and oxygen atoms in total. The van der Waals surface area contributed by atoms with E-state index >= 15 is 0 Å². The molecule has 0 aliphatic rings. The summed E-state index contributed by atoms with van der Waals surface area (Å²) in [6, 6.07) is 0. The number of hydrogen-bond donors (Lipinski definition) is 1. The SMILES string of the molecule is CCCCCCCCCCCCSCCCCOP(=O)(O)OCCCCSCCCCCCCCCCCC. The minimum Gasteiger partial charge on any atom is -0.302 e. The molecule has 0 unspecified atom stereocenters. The molecule has 0 atom stereocenters. The predicted octanol–water partition coefficient (Wildman–Crippen LogP) is 12.0. The summed E-state index contributed by atoms with van der Waals surface area (Å²) in [7, 11) is -3.88. The zero-order valence-electron chi connectivity index (χ0n) is 26.1. The molecule has 0 fully saturated rings. The fourth-order valence-corrected chi connectivity index (χ4v) is 7.43. The first-order chi connectivity index (χ1) is 19.1. The third-order valence-electron chi connectivity index (χ3n) is 7.16. The molecule has 0 rings (SSSR count). The lowest BCUT2D eigenvalue weighted by atomic mass is 10.1. The molecular weight excluding hydrogens is 543 g/mol. The lowest BCUT2D eigenvalue weighted by molar-refractivity contribution is 0.146. The van der Waals surface area contributed by atoms with Crippen molar-refractivity contribution in [3.05, 3.63) is 0 Å². The molecule has 236 valence electrons. The van der Waals surface area contributed by atoms with Gasteiger partial charge >= 0.3 is 7.82 Å². The number of thioether (sulfide) groups is 2. The first-order valence-electron chi connectivity index (χ1n) is 16.9. The Morgan fingerprint density at radius 2 is 0.692 bits per heavy atom. The predicted molar refractivity (Wildman–Crippen MR) is 179 cm³/mol. The van der Waals surface area contributed by atoms with Crippen LogP contribution in [0.2, 0.25) is 0 Å². The maximum Gasteiger partial charge on any atom is 0.472 e. The first kappa shape index (κ1) is 39.8.